The van der Waals surface area contributed by atoms with Crippen LogP contribution in [0.1, 0.15) is 5.56 Å². The van der Waals surface area contributed by atoms with Crippen molar-refractivity contribution in [3.63, 3.8) is 0 Å². The van der Waals surface area contributed by atoms with Crippen LogP contribution in [0, 0.1) is 6.92 Å². The van der Waals surface area contributed by atoms with E-state index >= 15 is 0 Å². The first-order chi connectivity index (χ1) is 12.3. The Kier molecular flexibility index (Phi) is 5.46. The lowest BCUT2D eigenvalue weighted by molar-refractivity contribution is 0.163. The summed E-state index contributed by atoms with van der Waals surface area (Å²) in [5.74, 6) is 0.947. The highest BCUT2D eigenvalue weighted by molar-refractivity contribution is 6.67. The molecule has 2 heterocycles. The molecule has 0 saturated heterocycles. The topological polar surface area (TPSA) is 69.3 Å². The van der Waals surface area contributed by atoms with Gasteiger partial charge in [0.05, 0.1) is 12.0 Å². The molecule has 3 aromatic rings. The molecular weight excluding hydrogens is 401 g/mol. The first kappa shape index (κ1) is 18.6. The molecule has 136 valence electrons. The molecule has 0 aliphatic carbocycles. The standard InChI is InChI=1S/C17H14Cl3N3O3/c1-11-4-6-12(7-5-11)23-15(21-16(24)26-10-17(18,19)20)9-13(22-23)14-3-2-8-25-14/h2-9H,10H2,1H3,(H,21,24). The van der Waals surface area contributed by atoms with E-state index in [0.29, 0.717) is 17.3 Å². The number of amides is 1. The van der Waals surface area contributed by atoms with Crippen LogP contribution in [0.4, 0.5) is 10.6 Å². The van der Waals surface area contributed by atoms with Crippen molar-refractivity contribution in [2.75, 3.05) is 11.9 Å². The summed E-state index contributed by atoms with van der Waals surface area (Å²) in [6.45, 7) is 1.60. The fourth-order valence-corrected chi connectivity index (χ4v) is 2.35. The summed E-state index contributed by atoms with van der Waals surface area (Å²) in [5.41, 5.74) is 2.40. The number of furan rings is 1. The average Bonchev–Trinajstić information content (AvgIpc) is 3.23. The van der Waals surface area contributed by atoms with E-state index in [4.69, 9.17) is 44.0 Å². The fourth-order valence-electron chi connectivity index (χ4n) is 2.19. The molecule has 0 unspecified atom stereocenters. The number of aromatic nitrogens is 2. The maximum Gasteiger partial charge on any atom is 0.412 e. The summed E-state index contributed by atoms with van der Waals surface area (Å²) in [6.07, 6.45) is 0.776. The molecule has 0 atom stereocenters. The number of carbonyl (C=O) groups excluding carboxylic acids is 1. The summed E-state index contributed by atoms with van der Waals surface area (Å²) < 4.78 is 10.2. The predicted octanol–water partition coefficient (Wildman–Crippen LogP) is 5.36. The highest BCUT2D eigenvalue weighted by Crippen LogP contribution is 2.27. The van der Waals surface area contributed by atoms with Gasteiger partial charge in [-0.05, 0) is 31.2 Å². The summed E-state index contributed by atoms with van der Waals surface area (Å²) in [5, 5.41) is 7.09. The highest BCUT2D eigenvalue weighted by Gasteiger charge is 2.23. The number of hydrogen-bond donors (Lipinski definition) is 1. The normalized spacial score (nSPS) is 11.4. The van der Waals surface area contributed by atoms with Crippen LogP contribution in [0.3, 0.4) is 0 Å². The Labute approximate surface area is 164 Å². The highest BCUT2D eigenvalue weighted by atomic mass is 35.6. The number of aryl methyl sites for hydroxylation is 1. The van der Waals surface area contributed by atoms with Gasteiger partial charge in [0.25, 0.3) is 0 Å². The molecule has 1 N–H and O–H groups in total. The molecule has 0 radical (unpaired) electrons. The number of nitrogens with zero attached hydrogens (tertiary/aromatic N) is 2. The number of carbonyl (C=O) groups is 1. The van der Waals surface area contributed by atoms with Gasteiger partial charge in [0.1, 0.15) is 18.1 Å². The first-order valence-electron chi connectivity index (χ1n) is 7.53. The van der Waals surface area contributed by atoms with Gasteiger partial charge in [0.15, 0.2) is 5.76 Å². The number of halogens is 3. The Balaban J connectivity index is 1.89. The molecule has 1 amide bonds. The van der Waals surface area contributed by atoms with Gasteiger partial charge >= 0.3 is 6.09 Å². The Morgan fingerprint density at radius 1 is 1.27 bits per heavy atom. The molecule has 0 saturated carbocycles. The summed E-state index contributed by atoms with van der Waals surface area (Å²) in [4.78, 5) is 12.0. The third-order valence-electron chi connectivity index (χ3n) is 3.36. The maximum absolute atomic E-state index is 12.0. The first-order valence-corrected chi connectivity index (χ1v) is 8.67. The molecule has 0 aliphatic rings. The second-order valence-corrected chi connectivity index (χ2v) is 7.97. The van der Waals surface area contributed by atoms with Gasteiger partial charge in [-0.25, -0.2) is 9.48 Å². The van der Waals surface area contributed by atoms with Crippen molar-refractivity contribution in [1.82, 2.24) is 9.78 Å². The van der Waals surface area contributed by atoms with Crippen molar-refractivity contribution in [3.8, 4) is 17.1 Å². The number of nitrogens with one attached hydrogen (secondary N) is 1. The van der Waals surface area contributed by atoms with Crippen LogP contribution in [-0.2, 0) is 4.74 Å². The molecule has 9 heteroatoms. The van der Waals surface area contributed by atoms with Crippen molar-refractivity contribution in [2.45, 2.75) is 10.7 Å². The molecule has 0 spiro atoms. The van der Waals surface area contributed by atoms with Crippen molar-refractivity contribution >= 4 is 46.7 Å². The molecule has 0 aliphatic heterocycles. The van der Waals surface area contributed by atoms with Gasteiger partial charge < -0.3 is 9.15 Å². The molecule has 3 rings (SSSR count). The lowest BCUT2D eigenvalue weighted by Gasteiger charge is -2.13. The van der Waals surface area contributed by atoms with E-state index in [9.17, 15) is 4.79 Å². The van der Waals surface area contributed by atoms with Crippen LogP contribution in [0.15, 0.2) is 53.1 Å². The SMILES string of the molecule is Cc1ccc(-n2nc(-c3ccco3)cc2NC(=O)OCC(Cl)(Cl)Cl)cc1. The summed E-state index contributed by atoms with van der Waals surface area (Å²) in [7, 11) is 0. The van der Waals surface area contributed by atoms with Crippen molar-refractivity contribution in [3.05, 3.63) is 54.3 Å². The fraction of sp³-hybridized carbons (Fsp3) is 0.176. The number of ether oxygens (including phenoxy) is 1. The third kappa shape index (κ3) is 4.72. The second-order valence-electron chi connectivity index (χ2n) is 5.46. The van der Waals surface area contributed by atoms with Crippen LogP contribution < -0.4 is 5.32 Å². The van der Waals surface area contributed by atoms with Gasteiger partial charge in [-0.15, -0.1) is 0 Å². The van der Waals surface area contributed by atoms with Crippen LogP contribution in [0.2, 0.25) is 0 Å². The number of anilines is 1. The number of rotatable bonds is 4. The van der Waals surface area contributed by atoms with Crippen LogP contribution >= 0.6 is 34.8 Å². The van der Waals surface area contributed by atoms with Gasteiger partial charge in [-0.3, -0.25) is 5.32 Å². The van der Waals surface area contributed by atoms with Gasteiger partial charge in [-0.1, -0.05) is 52.5 Å². The van der Waals surface area contributed by atoms with Crippen LogP contribution in [0.5, 0.6) is 0 Å². The van der Waals surface area contributed by atoms with E-state index in [-0.39, 0.29) is 6.61 Å². The maximum atomic E-state index is 12.0. The predicted molar refractivity (Wildman–Crippen MR) is 101 cm³/mol. The monoisotopic (exact) mass is 413 g/mol. The quantitative estimate of drug-likeness (QED) is 0.584. The lowest BCUT2D eigenvalue weighted by atomic mass is 10.2. The van der Waals surface area contributed by atoms with E-state index in [2.05, 4.69) is 10.4 Å². The number of benzene rings is 1. The molecule has 26 heavy (non-hydrogen) atoms. The summed E-state index contributed by atoms with van der Waals surface area (Å²) in [6, 6.07) is 12.8. The average molecular weight is 415 g/mol. The number of hydrogen-bond acceptors (Lipinski definition) is 4. The van der Waals surface area contributed by atoms with Gasteiger partial charge in [0, 0.05) is 6.07 Å². The van der Waals surface area contributed by atoms with Gasteiger partial charge in [0.2, 0.25) is 3.79 Å². The van der Waals surface area contributed by atoms with Crippen LogP contribution in [-0.4, -0.2) is 26.3 Å². The molecule has 2 aromatic heterocycles. The smallest absolute Gasteiger partial charge is 0.412 e. The van der Waals surface area contributed by atoms with E-state index in [1.54, 1.807) is 29.1 Å². The van der Waals surface area contributed by atoms with Crippen molar-refractivity contribution < 1.29 is 13.9 Å². The van der Waals surface area contributed by atoms with Gasteiger partial charge in [-0.2, -0.15) is 5.10 Å². The zero-order valence-electron chi connectivity index (χ0n) is 13.6. The Morgan fingerprint density at radius 3 is 2.62 bits per heavy atom. The zero-order valence-corrected chi connectivity index (χ0v) is 15.8. The Bertz CT molecular complexity index is 884. The minimum Gasteiger partial charge on any atom is -0.463 e. The molecule has 0 fully saturated rings. The van der Waals surface area contributed by atoms with E-state index in [0.717, 1.165) is 11.3 Å². The minimum absolute atomic E-state index is 0.382. The van der Waals surface area contributed by atoms with Crippen molar-refractivity contribution in [2.24, 2.45) is 0 Å². The Hall–Kier alpha value is -2.15. The summed E-state index contributed by atoms with van der Waals surface area (Å²) >= 11 is 16.8. The van der Waals surface area contributed by atoms with E-state index in [1.165, 1.54) is 0 Å². The molecule has 6 nitrogen and oxygen atoms in total. The number of alkyl halides is 3. The van der Waals surface area contributed by atoms with Crippen molar-refractivity contribution in [1.29, 1.82) is 0 Å². The lowest BCUT2D eigenvalue weighted by Crippen LogP contribution is -2.22. The zero-order chi connectivity index (χ0) is 18.7. The molecule has 1 aromatic carbocycles. The molecule has 0 bridgehead atoms. The largest absolute Gasteiger partial charge is 0.463 e. The Morgan fingerprint density at radius 2 is 2.00 bits per heavy atom. The molecular formula is C17H14Cl3N3O3. The minimum atomic E-state index is -1.69. The third-order valence-corrected chi connectivity index (χ3v) is 3.69. The van der Waals surface area contributed by atoms with E-state index in [1.807, 2.05) is 31.2 Å². The van der Waals surface area contributed by atoms with Crippen LogP contribution in [0.25, 0.3) is 17.1 Å². The second kappa shape index (κ2) is 7.61. The van der Waals surface area contributed by atoms with E-state index < -0.39 is 9.89 Å².